The number of amides is 1. The van der Waals surface area contributed by atoms with Crippen molar-refractivity contribution in [3.8, 4) is 5.75 Å². The summed E-state index contributed by atoms with van der Waals surface area (Å²) in [6, 6.07) is 8.99. The first-order chi connectivity index (χ1) is 11.7. The van der Waals surface area contributed by atoms with Crippen molar-refractivity contribution in [2.75, 3.05) is 33.8 Å². The Morgan fingerprint density at radius 1 is 1.28 bits per heavy atom. The fourth-order valence-electron chi connectivity index (χ4n) is 3.45. The summed E-state index contributed by atoms with van der Waals surface area (Å²) in [6.45, 7) is 3.26. The number of likely N-dealkylation sites (N-methyl/N-ethyl adjacent to an activating group) is 1. The predicted molar refractivity (Wildman–Crippen MR) is 102 cm³/mol. The van der Waals surface area contributed by atoms with E-state index in [1.54, 1.807) is 7.11 Å². The van der Waals surface area contributed by atoms with Crippen LogP contribution in [0.25, 0.3) is 0 Å². The Kier molecular flexibility index (Phi) is 7.54. The van der Waals surface area contributed by atoms with Gasteiger partial charge in [-0.2, -0.15) is 0 Å². The van der Waals surface area contributed by atoms with Crippen LogP contribution in [-0.2, 0) is 11.3 Å². The number of carbonyl (C=O) groups is 1. The average Bonchev–Trinajstić information content (AvgIpc) is 3.45. The molecule has 1 aliphatic carbocycles. The van der Waals surface area contributed by atoms with Gasteiger partial charge in [-0.3, -0.25) is 9.69 Å². The zero-order chi connectivity index (χ0) is 16.9. The van der Waals surface area contributed by atoms with Gasteiger partial charge in [0.2, 0.25) is 5.91 Å². The van der Waals surface area contributed by atoms with Crippen molar-refractivity contribution >= 4 is 18.3 Å². The summed E-state index contributed by atoms with van der Waals surface area (Å²) in [6.07, 6.45) is 4.65. The maximum atomic E-state index is 12.9. The van der Waals surface area contributed by atoms with Crippen molar-refractivity contribution in [3.63, 3.8) is 0 Å². The molecule has 1 atom stereocenters. The molecule has 5 nitrogen and oxygen atoms in total. The fourth-order valence-corrected chi connectivity index (χ4v) is 3.45. The number of ether oxygens (including phenoxy) is 1. The summed E-state index contributed by atoms with van der Waals surface area (Å²) in [5, 5.41) is 3.34. The first-order valence-corrected chi connectivity index (χ1v) is 9.01. The van der Waals surface area contributed by atoms with Crippen LogP contribution < -0.4 is 10.1 Å². The second kappa shape index (κ2) is 9.41. The minimum Gasteiger partial charge on any atom is -0.497 e. The van der Waals surface area contributed by atoms with Crippen molar-refractivity contribution in [2.24, 2.45) is 0 Å². The molecule has 1 unspecified atom stereocenters. The molecule has 1 saturated heterocycles. The molecule has 1 heterocycles. The largest absolute Gasteiger partial charge is 0.497 e. The number of likely N-dealkylation sites (tertiary alicyclic amines) is 1. The maximum absolute atomic E-state index is 12.9. The van der Waals surface area contributed by atoms with Gasteiger partial charge in [-0.1, -0.05) is 12.1 Å². The molecule has 2 aliphatic rings. The van der Waals surface area contributed by atoms with Crippen molar-refractivity contribution < 1.29 is 9.53 Å². The van der Waals surface area contributed by atoms with Crippen LogP contribution in [0, 0.1) is 0 Å². The van der Waals surface area contributed by atoms with Crippen molar-refractivity contribution in [3.05, 3.63) is 29.8 Å². The lowest BCUT2D eigenvalue weighted by atomic mass is 10.1. The highest BCUT2D eigenvalue weighted by Gasteiger charge is 2.33. The number of methoxy groups -OCH3 is 1. The molecule has 140 valence electrons. The lowest BCUT2D eigenvalue weighted by molar-refractivity contribution is -0.134. The molecule has 1 aliphatic heterocycles. The summed E-state index contributed by atoms with van der Waals surface area (Å²) in [7, 11) is 3.68. The molecule has 0 aromatic heterocycles. The molecular formula is C19H30ClN3O2. The molecule has 1 amide bonds. The molecule has 2 fully saturated rings. The molecule has 25 heavy (non-hydrogen) atoms. The predicted octanol–water partition coefficient (Wildman–Crippen LogP) is 2.29. The van der Waals surface area contributed by atoms with E-state index in [2.05, 4.69) is 27.2 Å². The van der Waals surface area contributed by atoms with E-state index < -0.39 is 0 Å². The number of rotatable bonds is 7. The number of hydrogen-bond acceptors (Lipinski definition) is 4. The normalized spacial score (nSPS) is 20.6. The van der Waals surface area contributed by atoms with Crippen LogP contribution in [0.15, 0.2) is 24.3 Å². The number of piperidine rings is 1. The quantitative estimate of drug-likeness (QED) is 0.803. The van der Waals surface area contributed by atoms with Crippen molar-refractivity contribution in [2.45, 2.75) is 44.3 Å². The van der Waals surface area contributed by atoms with E-state index >= 15 is 0 Å². The zero-order valence-corrected chi connectivity index (χ0v) is 16.1. The maximum Gasteiger partial charge on any atom is 0.237 e. The Hall–Kier alpha value is -1.30. The number of nitrogens with one attached hydrogen (secondary N) is 1. The Bertz CT molecular complexity index is 548. The third-order valence-corrected chi connectivity index (χ3v) is 5.09. The third-order valence-electron chi connectivity index (χ3n) is 5.09. The Labute approximate surface area is 157 Å². The topological polar surface area (TPSA) is 44.8 Å². The highest BCUT2D eigenvalue weighted by Crippen LogP contribution is 2.29. The molecule has 3 rings (SSSR count). The van der Waals surface area contributed by atoms with E-state index in [1.807, 2.05) is 19.2 Å². The molecule has 1 aromatic carbocycles. The highest BCUT2D eigenvalue weighted by atomic mass is 35.5. The van der Waals surface area contributed by atoms with Crippen LogP contribution in [0.1, 0.15) is 31.2 Å². The monoisotopic (exact) mass is 367 g/mol. The van der Waals surface area contributed by atoms with Gasteiger partial charge in [0.25, 0.3) is 0 Å². The minimum atomic E-state index is 0. The Morgan fingerprint density at radius 2 is 2.00 bits per heavy atom. The first-order valence-electron chi connectivity index (χ1n) is 9.01. The summed E-state index contributed by atoms with van der Waals surface area (Å²) < 4.78 is 5.21. The van der Waals surface area contributed by atoms with Crippen molar-refractivity contribution in [1.82, 2.24) is 15.1 Å². The summed E-state index contributed by atoms with van der Waals surface area (Å²) in [5.41, 5.74) is 1.17. The molecule has 1 aromatic rings. The van der Waals surface area contributed by atoms with Gasteiger partial charge in [0.1, 0.15) is 5.75 Å². The zero-order valence-electron chi connectivity index (χ0n) is 15.2. The Balaban J connectivity index is 0.00000225. The van der Waals surface area contributed by atoms with Crippen LogP contribution in [0.2, 0.25) is 0 Å². The lowest BCUT2D eigenvalue weighted by Gasteiger charge is -2.33. The van der Waals surface area contributed by atoms with Gasteiger partial charge in [-0.15, -0.1) is 12.4 Å². The smallest absolute Gasteiger partial charge is 0.237 e. The van der Waals surface area contributed by atoms with Gasteiger partial charge in [0.15, 0.2) is 0 Å². The molecule has 0 radical (unpaired) electrons. The summed E-state index contributed by atoms with van der Waals surface area (Å²) in [5.74, 6) is 1.12. The number of halogens is 1. The van der Waals surface area contributed by atoms with Gasteiger partial charge in [-0.05, 0) is 57.0 Å². The Morgan fingerprint density at radius 3 is 2.60 bits per heavy atom. The molecule has 6 heteroatoms. The molecule has 0 spiro atoms. The van der Waals surface area contributed by atoms with E-state index in [-0.39, 0.29) is 18.3 Å². The SMILES string of the molecule is CNC1CCCN(CC(=O)N(Cc2ccc(OC)cc2)C2CC2)C1.Cl. The third kappa shape index (κ3) is 5.59. The molecular weight excluding hydrogens is 338 g/mol. The number of hydrogen-bond donors (Lipinski definition) is 1. The minimum absolute atomic E-state index is 0. The van der Waals surface area contributed by atoms with Gasteiger partial charge >= 0.3 is 0 Å². The second-order valence-corrected chi connectivity index (χ2v) is 6.96. The first kappa shape index (κ1) is 20.0. The van der Waals surface area contributed by atoms with E-state index in [9.17, 15) is 4.79 Å². The van der Waals surface area contributed by atoms with E-state index in [1.165, 1.54) is 18.4 Å². The van der Waals surface area contributed by atoms with E-state index in [0.29, 0.717) is 25.2 Å². The lowest BCUT2D eigenvalue weighted by Crippen LogP contribution is -2.49. The molecule has 0 bridgehead atoms. The molecule has 1 saturated carbocycles. The number of carbonyl (C=O) groups excluding carboxylic acids is 1. The second-order valence-electron chi connectivity index (χ2n) is 6.96. The molecule has 1 N–H and O–H groups in total. The van der Waals surface area contributed by atoms with Crippen LogP contribution in [0.5, 0.6) is 5.75 Å². The van der Waals surface area contributed by atoms with Crippen molar-refractivity contribution in [1.29, 1.82) is 0 Å². The highest BCUT2D eigenvalue weighted by molar-refractivity contribution is 5.85. The average molecular weight is 368 g/mol. The number of benzene rings is 1. The van der Waals surface area contributed by atoms with Gasteiger partial charge < -0.3 is 15.0 Å². The van der Waals surface area contributed by atoms with Crippen LogP contribution in [0.3, 0.4) is 0 Å². The van der Waals surface area contributed by atoms with Gasteiger partial charge in [0.05, 0.1) is 13.7 Å². The van der Waals surface area contributed by atoms with Crippen LogP contribution in [0.4, 0.5) is 0 Å². The summed E-state index contributed by atoms with van der Waals surface area (Å²) >= 11 is 0. The van der Waals surface area contributed by atoms with E-state index in [0.717, 1.165) is 31.7 Å². The van der Waals surface area contributed by atoms with E-state index in [4.69, 9.17) is 4.74 Å². The van der Waals surface area contributed by atoms with Gasteiger partial charge in [-0.25, -0.2) is 0 Å². The summed E-state index contributed by atoms with van der Waals surface area (Å²) in [4.78, 5) is 17.2. The van der Waals surface area contributed by atoms with Gasteiger partial charge in [0, 0.05) is 25.2 Å². The number of nitrogens with zero attached hydrogens (tertiary/aromatic N) is 2. The van der Waals surface area contributed by atoms with Crippen LogP contribution >= 0.6 is 12.4 Å². The fraction of sp³-hybridized carbons (Fsp3) is 0.632. The van der Waals surface area contributed by atoms with Crippen LogP contribution in [-0.4, -0.2) is 61.6 Å². The standard InChI is InChI=1S/C19H29N3O2.ClH/c1-20-16-4-3-11-21(13-16)14-19(23)22(17-7-8-17)12-15-5-9-18(24-2)10-6-15;/h5-6,9-10,16-17,20H,3-4,7-8,11-14H2,1-2H3;1H.